The maximum Gasteiger partial charge on any atom is 0.338 e. The average molecular weight is 261 g/mol. The van der Waals surface area contributed by atoms with E-state index in [0.29, 0.717) is 17.2 Å². The number of benzene rings is 2. The quantitative estimate of drug-likeness (QED) is 0.774. The van der Waals surface area contributed by atoms with Crippen LogP contribution in [0.5, 0.6) is 0 Å². The molecule has 0 radical (unpaired) electrons. The molecule has 0 saturated heterocycles. The van der Waals surface area contributed by atoms with Crippen LogP contribution in [0.3, 0.4) is 0 Å². The molecule has 92 valence electrons. The summed E-state index contributed by atoms with van der Waals surface area (Å²) in [6.45, 7) is 2.18. The summed E-state index contributed by atoms with van der Waals surface area (Å²) >= 11 is 5.84. The summed E-state index contributed by atoms with van der Waals surface area (Å²) in [4.78, 5) is 11.5. The highest BCUT2D eigenvalue weighted by Gasteiger charge is 2.06. The molecule has 0 saturated carbocycles. The van der Waals surface area contributed by atoms with Crippen LogP contribution < -0.4 is 0 Å². The highest BCUT2D eigenvalue weighted by molar-refractivity contribution is 6.30. The standard InChI is InChI=1S/C15H13ClO2/c1-2-18-15(17)13-5-3-11(4-6-13)12-7-9-14(16)10-8-12/h3-10H,2H2,1H3. The molecule has 0 N–H and O–H groups in total. The van der Waals surface area contributed by atoms with Crippen molar-refractivity contribution in [3.05, 3.63) is 59.1 Å². The summed E-state index contributed by atoms with van der Waals surface area (Å²) in [5.74, 6) is -0.292. The van der Waals surface area contributed by atoms with Crippen LogP contribution in [0.4, 0.5) is 0 Å². The molecule has 0 amide bonds. The molecule has 0 bridgehead atoms. The van der Waals surface area contributed by atoms with Gasteiger partial charge in [0.25, 0.3) is 0 Å². The second-order valence-corrected chi connectivity index (χ2v) is 4.24. The van der Waals surface area contributed by atoms with E-state index >= 15 is 0 Å². The van der Waals surface area contributed by atoms with Gasteiger partial charge in [-0.05, 0) is 42.3 Å². The van der Waals surface area contributed by atoms with E-state index in [9.17, 15) is 4.79 Å². The van der Waals surface area contributed by atoms with Gasteiger partial charge < -0.3 is 4.74 Å². The zero-order valence-electron chi connectivity index (χ0n) is 10.0. The highest BCUT2D eigenvalue weighted by atomic mass is 35.5. The lowest BCUT2D eigenvalue weighted by Crippen LogP contribution is -2.03. The van der Waals surface area contributed by atoms with Gasteiger partial charge >= 0.3 is 5.97 Å². The lowest BCUT2D eigenvalue weighted by atomic mass is 10.0. The Morgan fingerprint density at radius 3 is 2.00 bits per heavy atom. The number of hydrogen-bond donors (Lipinski definition) is 0. The van der Waals surface area contributed by atoms with Crippen molar-refractivity contribution < 1.29 is 9.53 Å². The highest BCUT2D eigenvalue weighted by Crippen LogP contribution is 2.22. The molecule has 0 atom stereocenters. The minimum atomic E-state index is -0.292. The molecule has 2 rings (SSSR count). The van der Waals surface area contributed by atoms with Crippen LogP contribution in [0.1, 0.15) is 17.3 Å². The van der Waals surface area contributed by atoms with Crippen molar-refractivity contribution in [2.24, 2.45) is 0 Å². The van der Waals surface area contributed by atoms with E-state index in [-0.39, 0.29) is 5.97 Å². The number of hydrogen-bond acceptors (Lipinski definition) is 2. The van der Waals surface area contributed by atoms with E-state index in [1.807, 2.05) is 36.4 Å². The first-order chi connectivity index (χ1) is 8.70. The number of rotatable bonds is 3. The lowest BCUT2D eigenvalue weighted by Gasteiger charge is -2.04. The van der Waals surface area contributed by atoms with Gasteiger partial charge in [-0.15, -0.1) is 0 Å². The number of carbonyl (C=O) groups excluding carboxylic acids is 1. The molecule has 0 unspecified atom stereocenters. The summed E-state index contributed by atoms with van der Waals surface area (Å²) in [6, 6.07) is 14.9. The van der Waals surface area contributed by atoms with Crippen molar-refractivity contribution in [1.82, 2.24) is 0 Å². The molecule has 0 heterocycles. The number of ether oxygens (including phenoxy) is 1. The normalized spacial score (nSPS) is 10.1. The smallest absolute Gasteiger partial charge is 0.338 e. The van der Waals surface area contributed by atoms with E-state index in [2.05, 4.69) is 0 Å². The largest absolute Gasteiger partial charge is 0.462 e. The van der Waals surface area contributed by atoms with Gasteiger partial charge in [0.1, 0.15) is 0 Å². The van der Waals surface area contributed by atoms with Gasteiger partial charge in [0.15, 0.2) is 0 Å². The molecule has 0 fully saturated rings. The first kappa shape index (κ1) is 12.7. The third kappa shape index (κ3) is 2.90. The van der Waals surface area contributed by atoms with E-state index in [4.69, 9.17) is 16.3 Å². The fourth-order valence-corrected chi connectivity index (χ4v) is 1.78. The van der Waals surface area contributed by atoms with Crippen LogP contribution >= 0.6 is 11.6 Å². The van der Waals surface area contributed by atoms with Gasteiger partial charge in [-0.3, -0.25) is 0 Å². The van der Waals surface area contributed by atoms with Gasteiger partial charge in [0.2, 0.25) is 0 Å². The zero-order chi connectivity index (χ0) is 13.0. The molecule has 2 aromatic carbocycles. The van der Waals surface area contributed by atoms with Crippen LogP contribution in [0.2, 0.25) is 5.02 Å². The maximum atomic E-state index is 11.5. The number of carbonyl (C=O) groups is 1. The fraction of sp³-hybridized carbons (Fsp3) is 0.133. The number of esters is 1. The van der Waals surface area contributed by atoms with Crippen LogP contribution in [0.25, 0.3) is 11.1 Å². The SMILES string of the molecule is CCOC(=O)c1ccc(-c2ccc(Cl)cc2)cc1. The fourth-order valence-electron chi connectivity index (χ4n) is 1.66. The third-order valence-corrected chi connectivity index (χ3v) is 2.83. The minimum absolute atomic E-state index is 0.292. The molecule has 2 nitrogen and oxygen atoms in total. The van der Waals surface area contributed by atoms with Gasteiger partial charge in [0.05, 0.1) is 12.2 Å². The summed E-state index contributed by atoms with van der Waals surface area (Å²) in [5.41, 5.74) is 2.67. The van der Waals surface area contributed by atoms with Crippen molar-refractivity contribution in [1.29, 1.82) is 0 Å². The lowest BCUT2D eigenvalue weighted by molar-refractivity contribution is 0.0526. The van der Waals surface area contributed by atoms with Crippen LogP contribution in [-0.4, -0.2) is 12.6 Å². The van der Waals surface area contributed by atoms with Crippen LogP contribution in [0, 0.1) is 0 Å². The van der Waals surface area contributed by atoms with E-state index in [1.54, 1.807) is 19.1 Å². The Morgan fingerprint density at radius 2 is 1.50 bits per heavy atom. The monoisotopic (exact) mass is 260 g/mol. The summed E-state index contributed by atoms with van der Waals surface area (Å²) in [5, 5.41) is 0.710. The molecule has 0 aliphatic rings. The van der Waals surface area contributed by atoms with Crippen molar-refractivity contribution >= 4 is 17.6 Å². The second-order valence-electron chi connectivity index (χ2n) is 3.80. The molecular formula is C15H13ClO2. The Hall–Kier alpha value is -1.80. The topological polar surface area (TPSA) is 26.3 Å². The van der Waals surface area contributed by atoms with Gasteiger partial charge in [-0.1, -0.05) is 35.9 Å². The summed E-state index contributed by atoms with van der Waals surface area (Å²) < 4.78 is 4.93. The van der Waals surface area contributed by atoms with E-state index in [0.717, 1.165) is 11.1 Å². The molecule has 0 spiro atoms. The first-order valence-corrected chi connectivity index (χ1v) is 6.11. The third-order valence-electron chi connectivity index (χ3n) is 2.57. The Bertz CT molecular complexity index is 529. The van der Waals surface area contributed by atoms with E-state index < -0.39 is 0 Å². The van der Waals surface area contributed by atoms with Crippen LogP contribution in [0.15, 0.2) is 48.5 Å². The van der Waals surface area contributed by atoms with Gasteiger partial charge in [0, 0.05) is 5.02 Å². The average Bonchev–Trinajstić information content (AvgIpc) is 2.40. The van der Waals surface area contributed by atoms with Crippen molar-refractivity contribution in [3.8, 4) is 11.1 Å². The van der Waals surface area contributed by atoms with E-state index in [1.165, 1.54) is 0 Å². The molecule has 2 aromatic rings. The van der Waals surface area contributed by atoms with Crippen molar-refractivity contribution in [3.63, 3.8) is 0 Å². The Balaban J connectivity index is 2.22. The zero-order valence-corrected chi connectivity index (χ0v) is 10.8. The first-order valence-electron chi connectivity index (χ1n) is 5.74. The molecule has 18 heavy (non-hydrogen) atoms. The Morgan fingerprint density at radius 1 is 1.00 bits per heavy atom. The molecule has 0 aliphatic heterocycles. The van der Waals surface area contributed by atoms with Gasteiger partial charge in [-0.2, -0.15) is 0 Å². The van der Waals surface area contributed by atoms with Gasteiger partial charge in [-0.25, -0.2) is 4.79 Å². The molecule has 3 heteroatoms. The molecule has 0 aromatic heterocycles. The number of halogens is 1. The maximum absolute atomic E-state index is 11.5. The molecular weight excluding hydrogens is 248 g/mol. The van der Waals surface area contributed by atoms with Crippen molar-refractivity contribution in [2.75, 3.05) is 6.61 Å². The summed E-state index contributed by atoms with van der Waals surface area (Å²) in [6.07, 6.45) is 0. The summed E-state index contributed by atoms with van der Waals surface area (Å²) in [7, 11) is 0. The minimum Gasteiger partial charge on any atom is -0.462 e. The molecule has 0 aliphatic carbocycles. The van der Waals surface area contributed by atoms with Crippen LogP contribution in [-0.2, 0) is 4.74 Å². The Labute approximate surface area is 111 Å². The van der Waals surface area contributed by atoms with Crippen molar-refractivity contribution in [2.45, 2.75) is 6.92 Å². The Kier molecular flexibility index (Phi) is 4.00. The predicted molar refractivity (Wildman–Crippen MR) is 72.8 cm³/mol. The predicted octanol–water partition coefficient (Wildman–Crippen LogP) is 4.18. The second kappa shape index (κ2) is 5.69.